The van der Waals surface area contributed by atoms with Gasteiger partial charge in [0.15, 0.2) is 11.5 Å². The summed E-state index contributed by atoms with van der Waals surface area (Å²) in [5.41, 5.74) is 2.89. The summed E-state index contributed by atoms with van der Waals surface area (Å²) in [6, 6.07) is 13.7. The van der Waals surface area contributed by atoms with Crippen molar-refractivity contribution in [2.24, 2.45) is 5.92 Å². The predicted octanol–water partition coefficient (Wildman–Crippen LogP) is 4.93. The van der Waals surface area contributed by atoms with Gasteiger partial charge in [-0.25, -0.2) is 0 Å². The zero-order valence-corrected chi connectivity index (χ0v) is 19.4. The van der Waals surface area contributed by atoms with Gasteiger partial charge >= 0.3 is 0 Å². The van der Waals surface area contributed by atoms with Crippen LogP contribution in [0.5, 0.6) is 11.5 Å². The number of nitrogens with zero attached hydrogens (tertiary/aromatic N) is 1. The van der Waals surface area contributed by atoms with Gasteiger partial charge in [-0.2, -0.15) is 11.8 Å². The number of ether oxygens (including phenoxy) is 2. The van der Waals surface area contributed by atoms with Gasteiger partial charge in [-0.05, 0) is 41.3 Å². The number of benzene rings is 2. The average molecular weight is 441 g/mol. The van der Waals surface area contributed by atoms with Gasteiger partial charge in [0, 0.05) is 42.9 Å². The number of amides is 1. The highest BCUT2D eigenvalue weighted by Gasteiger charge is 2.13. The molecule has 0 aliphatic carbocycles. The summed E-state index contributed by atoms with van der Waals surface area (Å²) in [4.78, 5) is 15.0. The normalized spacial score (nSPS) is 14.7. The van der Waals surface area contributed by atoms with Crippen molar-refractivity contribution in [3.63, 3.8) is 0 Å². The van der Waals surface area contributed by atoms with Gasteiger partial charge in [0.05, 0.1) is 13.7 Å². The maximum absolute atomic E-state index is 12.6. The van der Waals surface area contributed by atoms with E-state index in [1.54, 1.807) is 19.3 Å². The number of nitrogens with one attached hydrogen (secondary N) is 1. The number of methoxy groups -OCH3 is 1. The third-order valence-electron chi connectivity index (χ3n) is 4.96. The van der Waals surface area contributed by atoms with E-state index in [4.69, 9.17) is 9.47 Å². The first-order chi connectivity index (χ1) is 15.0. The van der Waals surface area contributed by atoms with Gasteiger partial charge in [-0.15, -0.1) is 0 Å². The first-order valence-corrected chi connectivity index (χ1v) is 11.9. The van der Waals surface area contributed by atoms with Crippen LogP contribution in [-0.2, 0) is 11.3 Å². The molecule has 0 spiro atoms. The second kappa shape index (κ2) is 11.8. The van der Waals surface area contributed by atoms with Gasteiger partial charge in [-0.3, -0.25) is 9.69 Å². The number of carbonyl (C=O) groups excluding carboxylic acids is 1. The second-order valence-electron chi connectivity index (χ2n) is 7.98. The topological polar surface area (TPSA) is 50.8 Å². The van der Waals surface area contributed by atoms with E-state index in [2.05, 4.69) is 30.1 Å². The van der Waals surface area contributed by atoms with E-state index in [1.165, 1.54) is 11.5 Å². The van der Waals surface area contributed by atoms with E-state index in [1.807, 2.05) is 48.2 Å². The van der Waals surface area contributed by atoms with E-state index in [0.717, 1.165) is 36.4 Å². The molecule has 166 valence electrons. The van der Waals surface area contributed by atoms with Crippen LogP contribution in [0.3, 0.4) is 0 Å². The fourth-order valence-electron chi connectivity index (χ4n) is 3.29. The second-order valence-corrected chi connectivity index (χ2v) is 9.21. The Morgan fingerprint density at radius 2 is 1.94 bits per heavy atom. The molecule has 5 nitrogen and oxygen atoms in total. The number of anilines is 1. The molecule has 0 radical (unpaired) electrons. The standard InChI is InChI=1S/C25H32N2O3S/c1-19(2)18-30-23-10-8-20(16-24(23)29-3)9-11-25(28)26-22-7-5-4-6-21(22)17-27-12-14-31-15-13-27/h4-11,16,19H,12-15,17-18H2,1-3H3,(H,26,28)/b11-9+. The summed E-state index contributed by atoms with van der Waals surface area (Å²) in [7, 11) is 1.62. The molecule has 1 aliphatic heterocycles. The van der Waals surface area contributed by atoms with Crippen molar-refractivity contribution in [3.05, 3.63) is 59.7 Å². The van der Waals surface area contributed by atoms with E-state index in [-0.39, 0.29) is 5.91 Å². The smallest absolute Gasteiger partial charge is 0.248 e. The molecule has 1 heterocycles. The molecule has 1 N–H and O–H groups in total. The highest BCUT2D eigenvalue weighted by atomic mass is 32.2. The molecule has 1 amide bonds. The lowest BCUT2D eigenvalue weighted by Gasteiger charge is -2.27. The van der Waals surface area contributed by atoms with Gasteiger partial charge in [0.2, 0.25) is 5.91 Å². The predicted molar refractivity (Wildman–Crippen MR) is 130 cm³/mol. The molecule has 1 aliphatic rings. The van der Waals surface area contributed by atoms with E-state index in [9.17, 15) is 4.79 Å². The largest absolute Gasteiger partial charge is 0.493 e. The Kier molecular flexibility index (Phi) is 8.85. The van der Waals surface area contributed by atoms with Crippen molar-refractivity contribution in [2.45, 2.75) is 20.4 Å². The maximum Gasteiger partial charge on any atom is 0.248 e. The van der Waals surface area contributed by atoms with Crippen LogP contribution in [0, 0.1) is 5.92 Å². The van der Waals surface area contributed by atoms with Crippen LogP contribution in [-0.4, -0.2) is 49.1 Å². The highest BCUT2D eigenvalue weighted by molar-refractivity contribution is 7.99. The van der Waals surface area contributed by atoms with Crippen LogP contribution in [0.2, 0.25) is 0 Å². The Bertz CT molecular complexity index is 892. The SMILES string of the molecule is COc1cc(/C=C/C(=O)Nc2ccccc2CN2CCSCC2)ccc1OCC(C)C. The van der Waals surface area contributed by atoms with Crippen LogP contribution in [0.25, 0.3) is 6.08 Å². The van der Waals surface area contributed by atoms with Gasteiger partial charge < -0.3 is 14.8 Å². The van der Waals surface area contributed by atoms with Gasteiger partial charge in [0.1, 0.15) is 0 Å². The number of hydrogen-bond acceptors (Lipinski definition) is 5. The van der Waals surface area contributed by atoms with Crippen LogP contribution < -0.4 is 14.8 Å². The molecule has 31 heavy (non-hydrogen) atoms. The molecular weight excluding hydrogens is 408 g/mol. The monoisotopic (exact) mass is 440 g/mol. The minimum Gasteiger partial charge on any atom is -0.493 e. The Morgan fingerprint density at radius 3 is 2.68 bits per heavy atom. The summed E-state index contributed by atoms with van der Waals surface area (Å²) < 4.78 is 11.2. The lowest BCUT2D eigenvalue weighted by molar-refractivity contribution is -0.111. The van der Waals surface area contributed by atoms with Crippen molar-refractivity contribution in [3.8, 4) is 11.5 Å². The molecule has 1 fully saturated rings. The zero-order valence-electron chi connectivity index (χ0n) is 18.6. The van der Waals surface area contributed by atoms with Crippen LogP contribution >= 0.6 is 11.8 Å². The zero-order chi connectivity index (χ0) is 22.1. The number of rotatable bonds is 9. The first kappa shape index (κ1) is 23.2. The van der Waals surface area contributed by atoms with Crippen molar-refractivity contribution in [2.75, 3.05) is 43.6 Å². The summed E-state index contributed by atoms with van der Waals surface area (Å²) in [5.74, 6) is 3.99. The van der Waals surface area contributed by atoms with Crippen LogP contribution in [0.4, 0.5) is 5.69 Å². The third kappa shape index (κ3) is 7.33. The molecule has 0 bridgehead atoms. The first-order valence-electron chi connectivity index (χ1n) is 10.7. The number of hydrogen-bond donors (Lipinski definition) is 1. The molecule has 0 atom stereocenters. The lowest BCUT2D eigenvalue weighted by Crippen LogP contribution is -2.32. The Labute approximate surface area is 189 Å². The van der Waals surface area contributed by atoms with E-state index >= 15 is 0 Å². The number of carbonyl (C=O) groups is 1. The van der Waals surface area contributed by atoms with Crippen molar-refractivity contribution >= 4 is 29.4 Å². The molecule has 0 saturated carbocycles. The molecule has 0 aromatic heterocycles. The molecule has 2 aromatic rings. The molecule has 0 unspecified atom stereocenters. The third-order valence-corrected chi connectivity index (χ3v) is 5.90. The quantitative estimate of drug-likeness (QED) is 0.560. The Morgan fingerprint density at radius 1 is 1.16 bits per heavy atom. The number of thioether (sulfide) groups is 1. The maximum atomic E-state index is 12.6. The van der Waals surface area contributed by atoms with E-state index in [0.29, 0.717) is 24.0 Å². The van der Waals surface area contributed by atoms with Crippen LogP contribution in [0.1, 0.15) is 25.0 Å². The van der Waals surface area contributed by atoms with Crippen molar-refractivity contribution in [1.82, 2.24) is 4.90 Å². The molecule has 6 heteroatoms. The minimum absolute atomic E-state index is 0.152. The summed E-state index contributed by atoms with van der Waals surface area (Å²) >= 11 is 2.00. The van der Waals surface area contributed by atoms with Crippen LogP contribution in [0.15, 0.2) is 48.5 Å². The minimum atomic E-state index is -0.152. The molecular formula is C25H32N2O3S. The summed E-state index contributed by atoms with van der Waals surface area (Å²) in [6.45, 7) is 7.87. The van der Waals surface area contributed by atoms with Crippen molar-refractivity contribution < 1.29 is 14.3 Å². The van der Waals surface area contributed by atoms with Crippen molar-refractivity contribution in [1.29, 1.82) is 0 Å². The lowest BCUT2D eigenvalue weighted by atomic mass is 10.1. The Hall–Kier alpha value is -2.44. The highest BCUT2D eigenvalue weighted by Crippen LogP contribution is 2.29. The molecule has 1 saturated heterocycles. The van der Waals surface area contributed by atoms with E-state index < -0.39 is 0 Å². The summed E-state index contributed by atoms with van der Waals surface area (Å²) in [5, 5.41) is 3.03. The molecule has 3 rings (SSSR count). The fourth-order valence-corrected chi connectivity index (χ4v) is 4.27. The van der Waals surface area contributed by atoms with Gasteiger partial charge in [-0.1, -0.05) is 38.1 Å². The van der Waals surface area contributed by atoms with Gasteiger partial charge in [0.25, 0.3) is 0 Å². The fraction of sp³-hybridized carbons (Fsp3) is 0.400. The number of para-hydroxylation sites is 1. The Balaban J connectivity index is 1.63. The summed E-state index contributed by atoms with van der Waals surface area (Å²) in [6.07, 6.45) is 3.34. The average Bonchev–Trinajstić information content (AvgIpc) is 2.78. The molecule has 2 aromatic carbocycles.